The van der Waals surface area contributed by atoms with Gasteiger partial charge in [-0.3, -0.25) is 0 Å². The van der Waals surface area contributed by atoms with Crippen molar-refractivity contribution in [3.8, 4) is 5.75 Å². The average molecular weight is 370 g/mol. The number of ether oxygens (including phenoxy) is 1. The molecule has 1 atom stereocenters. The molecule has 128 valence electrons. The van der Waals surface area contributed by atoms with Gasteiger partial charge in [-0.05, 0) is 60.1 Å². The number of rotatable bonds is 3. The minimum Gasteiger partial charge on any atom is -0.497 e. The summed E-state index contributed by atoms with van der Waals surface area (Å²) in [5.41, 5.74) is 2.25. The normalized spacial score (nSPS) is 16.4. The number of hydrogen-bond donors (Lipinski definition) is 1. The second-order valence-corrected chi connectivity index (χ2v) is 7.26. The number of nitrogens with zero attached hydrogens (tertiary/aromatic N) is 2. The Kier molecular flexibility index (Phi) is 4.46. The summed E-state index contributed by atoms with van der Waals surface area (Å²) < 4.78 is 7.53. The molecule has 0 bridgehead atoms. The van der Waals surface area contributed by atoms with Crippen molar-refractivity contribution in [2.24, 2.45) is 0 Å². The van der Waals surface area contributed by atoms with Crippen molar-refractivity contribution in [3.05, 3.63) is 70.7 Å². The van der Waals surface area contributed by atoms with Crippen LogP contribution >= 0.6 is 23.6 Å². The van der Waals surface area contributed by atoms with Gasteiger partial charge in [-0.1, -0.05) is 6.07 Å². The van der Waals surface area contributed by atoms with Gasteiger partial charge in [-0.15, -0.1) is 11.3 Å². The standard InChI is InChI=1S/C19H19N3OS2/c1-23-15-8-6-14(7-9-15)20-19(24)22-12-11-21-10-2-4-16(21)18(22)17-5-3-13-25-17/h2-10,13,18H,11-12H2,1H3,(H,20,24)/t18-/m1/s1. The molecule has 0 saturated carbocycles. The third-order valence-corrected chi connectivity index (χ3v) is 5.71. The zero-order valence-corrected chi connectivity index (χ0v) is 15.5. The van der Waals surface area contributed by atoms with Crippen molar-refractivity contribution in [2.45, 2.75) is 12.6 Å². The van der Waals surface area contributed by atoms with Crippen LogP contribution in [0.4, 0.5) is 5.69 Å². The van der Waals surface area contributed by atoms with Crippen molar-refractivity contribution in [3.63, 3.8) is 0 Å². The Morgan fingerprint density at radius 1 is 1.16 bits per heavy atom. The minimum absolute atomic E-state index is 0.155. The first-order valence-corrected chi connectivity index (χ1v) is 9.45. The smallest absolute Gasteiger partial charge is 0.174 e. The zero-order chi connectivity index (χ0) is 17.2. The van der Waals surface area contributed by atoms with Crippen LogP contribution in [0.3, 0.4) is 0 Å². The number of fused-ring (bicyclic) bond motifs is 1. The number of benzene rings is 1. The quantitative estimate of drug-likeness (QED) is 0.695. The molecule has 0 fully saturated rings. The largest absolute Gasteiger partial charge is 0.497 e. The first-order valence-electron chi connectivity index (χ1n) is 8.16. The lowest BCUT2D eigenvalue weighted by atomic mass is 10.1. The summed E-state index contributed by atoms with van der Waals surface area (Å²) in [5, 5.41) is 6.24. The van der Waals surface area contributed by atoms with Crippen LogP contribution in [0.25, 0.3) is 0 Å². The maximum absolute atomic E-state index is 5.75. The lowest BCUT2D eigenvalue weighted by Gasteiger charge is -2.38. The number of aromatic nitrogens is 1. The number of anilines is 1. The van der Waals surface area contributed by atoms with Crippen molar-refractivity contribution in [2.75, 3.05) is 19.0 Å². The van der Waals surface area contributed by atoms with Gasteiger partial charge in [-0.25, -0.2) is 0 Å². The van der Waals surface area contributed by atoms with Crippen LogP contribution in [0.2, 0.25) is 0 Å². The Morgan fingerprint density at radius 2 is 2.00 bits per heavy atom. The summed E-state index contributed by atoms with van der Waals surface area (Å²) in [5.74, 6) is 0.837. The Hall–Kier alpha value is -2.31. The molecule has 4 rings (SSSR count). The molecule has 6 heteroatoms. The SMILES string of the molecule is COc1ccc(NC(=S)N2CCn3cccc3[C@@H]2c2cccs2)cc1. The van der Waals surface area contributed by atoms with E-state index in [4.69, 9.17) is 17.0 Å². The molecule has 0 amide bonds. The molecule has 3 aromatic rings. The van der Waals surface area contributed by atoms with Gasteiger partial charge in [0.15, 0.2) is 5.11 Å². The number of hydrogen-bond acceptors (Lipinski definition) is 3. The number of nitrogens with one attached hydrogen (secondary N) is 1. The molecule has 1 N–H and O–H groups in total. The first kappa shape index (κ1) is 16.2. The van der Waals surface area contributed by atoms with E-state index in [9.17, 15) is 0 Å². The second kappa shape index (κ2) is 6.90. The second-order valence-electron chi connectivity index (χ2n) is 5.90. The minimum atomic E-state index is 0.155. The van der Waals surface area contributed by atoms with E-state index in [0.29, 0.717) is 0 Å². The molecule has 0 aliphatic carbocycles. The van der Waals surface area contributed by atoms with Crippen molar-refractivity contribution >= 4 is 34.4 Å². The van der Waals surface area contributed by atoms with Gasteiger partial charge >= 0.3 is 0 Å². The number of thiocarbonyl (C=S) groups is 1. The average Bonchev–Trinajstić information content (AvgIpc) is 3.33. The van der Waals surface area contributed by atoms with Crippen molar-refractivity contribution < 1.29 is 4.74 Å². The van der Waals surface area contributed by atoms with E-state index in [1.165, 1.54) is 10.6 Å². The summed E-state index contributed by atoms with van der Waals surface area (Å²) in [4.78, 5) is 3.58. The summed E-state index contributed by atoms with van der Waals surface area (Å²) in [6.07, 6.45) is 2.15. The molecule has 1 aliphatic rings. The van der Waals surface area contributed by atoms with Gasteiger partial charge in [0.05, 0.1) is 7.11 Å². The Balaban J connectivity index is 1.60. The molecule has 2 aromatic heterocycles. The first-order chi connectivity index (χ1) is 12.3. The summed E-state index contributed by atoms with van der Waals surface area (Å²) in [6.45, 7) is 1.82. The van der Waals surface area contributed by atoms with E-state index in [-0.39, 0.29) is 6.04 Å². The summed E-state index contributed by atoms with van der Waals surface area (Å²) >= 11 is 7.52. The monoisotopic (exact) mass is 369 g/mol. The molecule has 3 heterocycles. The highest BCUT2D eigenvalue weighted by Gasteiger charge is 2.31. The highest BCUT2D eigenvalue weighted by molar-refractivity contribution is 7.80. The zero-order valence-electron chi connectivity index (χ0n) is 13.9. The molecule has 1 aliphatic heterocycles. The lowest BCUT2D eigenvalue weighted by Crippen LogP contribution is -2.44. The van der Waals surface area contributed by atoms with Gasteiger partial charge in [0.2, 0.25) is 0 Å². The van der Waals surface area contributed by atoms with E-state index >= 15 is 0 Å². The predicted molar refractivity (Wildman–Crippen MR) is 107 cm³/mol. The fourth-order valence-corrected chi connectivity index (χ4v) is 4.38. The molecule has 1 aromatic carbocycles. The van der Waals surface area contributed by atoms with Crippen LogP contribution in [-0.2, 0) is 6.54 Å². The maximum atomic E-state index is 5.75. The van der Waals surface area contributed by atoms with E-state index < -0.39 is 0 Å². The van der Waals surface area contributed by atoms with E-state index in [1.54, 1.807) is 18.4 Å². The summed E-state index contributed by atoms with van der Waals surface area (Å²) in [7, 11) is 1.67. The van der Waals surface area contributed by atoms with E-state index in [2.05, 4.69) is 50.6 Å². The predicted octanol–water partition coefficient (Wildman–Crippen LogP) is 4.36. The topological polar surface area (TPSA) is 29.4 Å². The van der Waals surface area contributed by atoms with Crippen LogP contribution in [0, 0.1) is 0 Å². The fourth-order valence-electron chi connectivity index (χ4n) is 3.22. The third kappa shape index (κ3) is 3.15. The van der Waals surface area contributed by atoms with E-state index in [1.807, 2.05) is 24.3 Å². The molecular formula is C19H19N3OS2. The molecule has 0 unspecified atom stereocenters. The maximum Gasteiger partial charge on any atom is 0.174 e. The Bertz CT molecular complexity index is 855. The van der Waals surface area contributed by atoms with Crippen molar-refractivity contribution in [1.82, 2.24) is 9.47 Å². The highest BCUT2D eigenvalue weighted by atomic mass is 32.1. The van der Waals surface area contributed by atoms with Crippen LogP contribution in [0.5, 0.6) is 5.75 Å². The van der Waals surface area contributed by atoms with Crippen LogP contribution < -0.4 is 10.1 Å². The fraction of sp³-hybridized carbons (Fsp3) is 0.211. The van der Waals surface area contributed by atoms with Gasteiger partial charge in [-0.2, -0.15) is 0 Å². The van der Waals surface area contributed by atoms with E-state index in [0.717, 1.165) is 29.6 Å². The third-order valence-electron chi connectivity index (χ3n) is 4.45. The number of thiophene rings is 1. The molecule has 25 heavy (non-hydrogen) atoms. The molecule has 4 nitrogen and oxygen atoms in total. The highest BCUT2D eigenvalue weighted by Crippen LogP contribution is 2.35. The lowest BCUT2D eigenvalue weighted by molar-refractivity contribution is 0.297. The molecule has 0 spiro atoms. The van der Waals surface area contributed by atoms with Gasteiger partial charge < -0.3 is 19.5 Å². The van der Waals surface area contributed by atoms with Crippen LogP contribution in [-0.4, -0.2) is 28.2 Å². The van der Waals surface area contributed by atoms with Gasteiger partial charge in [0.25, 0.3) is 0 Å². The molecule has 0 saturated heterocycles. The van der Waals surface area contributed by atoms with Crippen LogP contribution in [0.1, 0.15) is 16.6 Å². The number of methoxy groups -OCH3 is 1. The van der Waals surface area contributed by atoms with Crippen LogP contribution in [0.15, 0.2) is 60.1 Å². The Labute approximate surface area is 156 Å². The Morgan fingerprint density at radius 3 is 2.72 bits per heavy atom. The molecule has 0 radical (unpaired) electrons. The molecular weight excluding hydrogens is 350 g/mol. The van der Waals surface area contributed by atoms with Gasteiger partial charge in [0, 0.05) is 35.5 Å². The summed E-state index contributed by atoms with van der Waals surface area (Å²) in [6, 6.07) is 16.6. The van der Waals surface area contributed by atoms with Crippen molar-refractivity contribution in [1.29, 1.82) is 0 Å². The van der Waals surface area contributed by atoms with Gasteiger partial charge in [0.1, 0.15) is 11.8 Å².